The van der Waals surface area contributed by atoms with Crippen LogP contribution < -0.4 is 4.74 Å². The molecule has 1 rings (SSSR count). The molecule has 0 N–H and O–H groups in total. The third-order valence-electron chi connectivity index (χ3n) is 2.49. The lowest BCUT2D eigenvalue weighted by molar-refractivity contribution is 0.302. The quantitative estimate of drug-likeness (QED) is 0.652. The Morgan fingerprint density at radius 3 is 2.69 bits per heavy atom. The number of unbranched alkanes of at least 4 members (excludes halogenated alkanes) is 5. The molecule has 1 aromatic rings. The van der Waals surface area contributed by atoms with Crippen molar-refractivity contribution in [2.24, 2.45) is 0 Å². The van der Waals surface area contributed by atoms with Crippen LogP contribution in [0.2, 0.25) is 0 Å². The van der Waals surface area contributed by atoms with E-state index in [0.29, 0.717) is 0 Å². The van der Waals surface area contributed by atoms with Gasteiger partial charge in [-0.15, -0.1) is 0 Å². The van der Waals surface area contributed by atoms with E-state index in [-0.39, 0.29) is 0 Å². The van der Waals surface area contributed by atoms with Crippen molar-refractivity contribution >= 4 is 15.9 Å². The Morgan fingerprint density at radius 2 is 1.94 bits per heavy atom. The molecule has 3 heteroatoms. The maximum Gasteiger partial charge on any atom is 0.136 e. The number of ether oxygens (including phenoxy) is 1. The highest BCUT2D eigenvalue weighted by Gasteiger charge is 1.99. The highest BCUT2D eigenvalue weighted by Crippen LogP contribution is 2.22. The van der Waals surface area contributed by atoms with Crippen molar-refractivity contribution in [3.63, 3.8) is 0 Å². The maximum atomic E-state index is 5.66. The summed E-state index contributed by atoms with van der Waals surface area (Å²) in [5.41, 5.74) is 0. The smallest absolute Gasteiger partial charge is 0.136 e. The zero-order valence-electron chi connectivity index (χ0n) is 9.92. The summed E-state index contributed by atoms with van der Waals surface area (Å²) >= 11 is 3.41. The Kier molecular flexibility index (Phi) is 7.23. The van der Waals surface area contributed by atoms with Crippen molar-refractivity contribution in [1.29, 1.82) is 0 Å². The lowest BCUT2D eigenvalue weighted by atomic mass is 10.1. The van der Waals surface area contributed by atoms with Crippen LogP contribution in [0, 0.1) is 0 Å². The Labute approximate surface area is 107 Å². The average Bonchev–Trinajstić information content (AvgIpc) is 2.30. The molecule has 2 nitrogen and oxygen atoms in total. The minimum atomic E-state index is 0.800. The first-order chi connectivity index (χ1) is 7.84. The molecule has 0 aliphatic carbocycles. The summed E-state index contributed by atoms with van der Waals surface area (Å²) in [5, 5.41) is 0. The second-order valence-corrected chi connectivity index (χ2v) is 4.78. The van der Waals surface area contributed by atoms with E-state index in [4.69, 9.17) is 4.74 Å². The predicted octanol–water partition coefficient (Wildman–Crippen LogP) is 4.58. The third-order valence-corrected chi connectivity index (χ3v) is 3.09. The predicted molar refractivity (Wildman–Crippen MR) is 70.8 cm³/mol. The first-order valence-corrected chi connectivity index (χ1v) is 6.86. The van der Waals surface area contributed by atoms with E-state index in [1.165, 1.54) is 32.1 Å². The largest absolute Gasteiger partial charge is 0.492 e. The van der Waals surface area contributed by atoms with Crippen LogP contribution >= 0.6 is 15.9 Å². The fourth-order valence-corrected chi connectivity index (χ4v) is 1.91. The number of hydrogen-bond donors (Lipinski definition) is 0. The van der Waals surface area contributed by atoms with Crippen molar-refractivity contribution in [1.82, 2.24) is 4.98 Å². The van der Waals surface area contributed by atoms with Crippen molar-refractivity contribution in [2.75, 3.05) is 6.61 Å². The van der Waals surface area contributed by atoms with Crippen LogP contribution in [0.15, 0.2) is 22.9 Å². The minimum absolute atomic E-state index is 0.800. The summed E-state index contributed by atoms with van der Waals surface area (Å²) in [6, 6.07) is 1.89. The highest BCUT2D eigenvalue weighted by molar-refractivity contribution is 9.10. The van der Waals surface area contributed by atoms with Crippen LogP contribution in [0.4, 0.5) is 0 Å². The first kappa shape index (κ1) is 13.5. The first-order valence-electron chi connectivity index (χ1n) is 6.07. The fraction of sp³-hybridized carbons (Fsp3) is 0.615. The van der Waals surface area contributed by atoms with E-state index in [9.17, 15) is 0 Å². The molecule has 90 valence electrons. The van der Waals surface area contributed by atoms with Crippen molar-refractivity contribution in [2.45, 2.75) is 45.4 Å². The second-order valence-electron chi connectivity index (χ2n) is 3.92. The number of hydrogen-bond acceptors (Lipinski definition) is 2. The lowest BCUT2D eigenvalue weighted by Crippen LogP contribution is -1.98. The summed E-state index contributed by atoms with van der Waals surface area (Å²) < 4.78 is 6.59. The monoisotopic (exact) mass is 285 g/mol. The number of pyridine rings is 1. The van der Waals surface area contributed by atoms with Gasteiger partial charge in [-0.2, -0.15) is 0 Å². The number of rotatable bonds is 8. The molecule has 0 bridgehead atoms. The molecule has 0 atom stereocenters. The van der Waals surface area contributed by atoms with Crippen LogP contribution in [0.1, 0.15) is 45.4 Å². The molecule has 1 aromatic heterocycles. The summed E-state index contributed by atoms with van der Waals surface area (Å²) in [6.45, 7) is 3.04. The van der Waals surface area contributed by atoms with Crippen molar-refractivity contribution in [3.8, 4) is 5.75 Å². The van der Waals surface area contributed by atoms with Gasteiger partial charge in [0.15, 0.2) is 0 Å². The van der Waals surface area contributed by atoms with E-state index in [1.807, 2.05) is 6.07 Å². The molecule has 0 fully saturated rings. The van der Waals surface area contributed by atoms with E-state index in [1.54, 1.807) is 12.4 Å². The molecule has 16 heavy (non-hydrogen) atoms. The molecule has 0 saturated carbocycles. The van der Waals surface area contributed by atoms with E-state index < -0.39 is 0 Å². The van der Waals surface area contributed by atoms with Crippen LogP contribution in [0.25, 0.3) is 0 Å². The Hall–Kier alpha value is -0.570. The Morgan fingerprint density at radius 1 is 1.19 bits per heavy atom. The van der Waals surface area contributed by atoms with Gasteiger partial charge in [0, 0.05) is 12.4 Å². The van der Waals surface area contributed by atoms with Crippen molar-refractivity contribution < 1.29 is 4.74 Å². The zero-order chi connectivity index (χ0) is 11.6. The fourth-order valence-electron chi connectivity index (χ4n) is 1.54. The maximum absolute atomic E-state index is 5.66. The lowest BCUT2D eigenvalue weighted by Gasteiger charge is -2.07. The van der Waals surface area contributed by atoms with Gasteiger partial charge in [0.1, 0.15) is 5.75 Å². The van der Waals surface area contributed by atoms with Gasteiger partial charge in [0.25, 0.3) is 0 Å². The van der Waals surface area contributed by atoms with Crippen LogP contribution in [-0.4, -0.2) is 11.6 Å². The van der Waals surface area contributed by atoms with Crippen LogP contribution in [-0.2, 0) is 0 Å². The van der Waals surface area contributed by atoms with E-state index in [0.717, 1.165) is 23.2 Å². The van der Waals surface area contributed by atoms with Gasteiger partial charge in [0.05, 0.1) is 11.1 Å². The van der Waals surface area contributed by atoms with Gasteiger partial charge >= 0.3 is 0 Å². The molecule has 1 heterocycles. The number of halogens is 1. The normalized spacial score (nSPS) is 10.4. The molecule has 0 unspecified atom stereocenters. The van der Waals surface area contributed by atoms with Gasteiger partial charge in [-0.1, -0.05) is 39.0 Å². The Bertz CT molecular complexity index is 291. The molecule has 0 aliphatic heterocycles. The summed E-state index contributed by atoms with van der Waals surface area (Å²) in [7, 11) is 0. The van der Waals surface area contributed by atoms with Crippen LogP contribution in [0.5, 0.6) is 5.75 Å². The molecular formula is C13H20BrNO. The molecule has 0 aromatic carbocycles. The van der Waals surface area contributed by atoms with Gasteiger partial charge in [0.2, 0.25) is 0 Å². The minimum Gasteiger partial charge on any atom is -0.492 e. The average molecular weight is 286 g/mol. The van der Waals surface area contributed by atoms with Gasteiger partial charge in [-0.3, -0.25) is 4.98 Å². The number of aromatic nitrogens is 1. The Balaban J connectivity index is 2.05. The standard InChI is InChI=1S/C13H20BrNO/c1-2-3-4-5-6-7-10-16-13-8-9-15-11-12(13)14/h8-9,11H,2-7,10H2,1H3. The second kappa shape index (κ2) is 8.57. The number of nitrogens with zero attached hydrogens (tertiary/aromatic N) is 1. The van der Waals surface area contributed by atoms with Crippen molar-refractivity contribution in [3.05, 3.63) is 22.9 Å². The van der Waals surface area contributed by atoms with Crippen LogP contribution in [0.3, 0.4) is 0 Å². The molecule has 0 aliphatic rings. The molecule has 0 amide bonds. The zero-order valence-corrected chi connectivity index (χ0v) is 11.5. The molecule has 0 spiro atoms. The van der Waals surface area contributed by atoms with Gasteiger partial charge in [-0.05, 0) is 28.4 Å². The van der Waals surface area contributed by atoms with E-state index >= 15 is 0 Å². The third kappa shape index (κ3) is 5.50. The summed E-state index contributed by atoms with van der Waals surface area (Å²) in [5.74, 6) is 0.892. The molecule has 0 saturated heterocycles. The van der Waals surface area contributed by atoms with E-state index in [2.05, 4.69) is 27.8 Å². The topological polar surface area (TPSA) is 22.1 Å². The SMILES string of the molecule is CCCCCCCCOc1ccncc1Br. The molecular weight excluding hydrogens is 266 g/mol. The summed E-state index contributed by atoms with van der Waals surface area (Å²) in [6.07, 6.45) is 11.3. The summed E-state index contributed by atoms with van der Waals surface area (Å²) in [4.78, 5) is 4.00. The van der Waals surface area contributed by atoms with Gasteiger partial charge < -0.3 is 4.74 Å². The highest BCUT2D eigenvalue weighted by atomic mass is 79.9. The van der Waals surface area contributed by atoms with Gasteiger partial charge in [-0.25, -0.2) is 0 Å². The molecule has 0 radical (unpaired) electrons.